The molecule has 0 saturated heterocycles. The van der Waals surface area contributed by atoms with Gasteiger partial charge in [-0.3, -0.25) is 19.2 Å². The van der Waals surface area contributed by atoms with Crippen molar-refractivity contribution in [3.8, 4) is 0 Å². The highest BCUT2D eigenvalue weighted by molar-refractivity contribution is 6.31. The fourth-order valence-corrected chi connectivity index (χ4v) is 5.53. The monoisotopic (exact) mass is 675 g/mol. The summed E-state index contributed by atoms with van der Waals surface area (Å²) in [5, 5.41) is 3.69. The molecule has 2 heterocycles. The van der Waals surface area contributed by atoms with Gasteiger partial charge in [-0.25, -0.2) is 9.37 Å². The maximum absolute atomic E-state index is 14.7. The molecule has 0 atom stereocenters. The maximum atomic E-state index is 14.7. The molecule has 0 radical (unpaired) electrons. The molecule has 47 heavy (non-hydrogen) atoms. The lowest BCUT2D eigenvalue weighted by molar-refractivity contribution is -0.143. The van der Waals surface area contributed by atoms with Gasteiger partial charge in [0.05, 0.1) is 18.8 Å². The van der Waals surface area contributed by atoms with Crippen LogP contribution >= 0.6 is 23.2 Å². The zero-order valence-electron chi connectivity index (χ0n) is 25.6. The van der Waals surface area contributed by atoms with Crippen LogP contribution in [0.3, 0.4) is 0 Å². The number of carbonyl (C=O) groups excluding carboxylic acids is 4. The van der Waals surface area contributed by atoms with Crippen molar-refractivity contribution >= 4 is 46.8 Å². The van der Waals surface area contributed by atoms with E-state index >= 15 is 0 Å². The maximum Gasteiger partial charge on any atom is 0.273 e. The van der Waals surface area contributed by atoms with Crippen LogP contribution in [-0.4, -0.2) is 62.9 Å². The molecule has 0 saturated carbocycles. The van der Waals surface area contributed by atoms with Gasteiger partial charge in [-0.1, -0.05) is 71.7 Å². The van der Waals surface area contributed by atoms with E-state index in [-0.39, 0.29) is 37.4 Å². The minimum atomic E-state index is -0.587. The molecule has 0 unspecified atom stereocenters. The molecule has 3 aromatic carbocycles. The lowest BCUT2D eigenvalue weighted by Gasteiger charge is -2.30. The van der Waals surface area contributed by atoms with Gasteiger partial charge in [-0.2, -0.15) is 0 Å². The van der Waals surface area contributed by atoms with E-state index in [1.807, 2.05) is 19.1 Å². The zero-order chi connectivity index (χ0) is 33.5. The largest absolute Gasteiger partial charge is 0.349 e. The van der Waals surface area contributed by atoms with Crippen LogP contribution in [0.4, 0.5) is 4.39 Å². The molecule has 4 amide bonds. The summed E-state index contributed by atoms with van der Waals surface area (Å²) in [4.78, 5) is 63.3. The molecule has 1 aliphatic heterocycles. The Labute approximate surface area is 281 Å². The van der Waals surface area contributed by atoms with Crippen molar-refractivity contribution in [3.05, 3.63) is 134 Å². The molecule has 5 rings (SSSR count). The number of aromatic nitrogens is 1. The van der Waals surface area contributed by atoms with Crippen LogP contribution in [0.5, 0.6) is 0 Å². The third kappa shape index (κ3) is 8.93. The van der Waals surface area contributed by atoms with Crippen LogP contribution in [0.25, 0.3) is 0 Å². The highest BCUT2D eigenvalue weighted by atomic mass is 35.5. The Hall–Kier alpha value is -4.80. The smallest absolute Gasteiger partial charge is 0.273 e. The Bertz CT molecular complexity index is 1820. The first-order valence-electron chi connectivity index (χ1n) is 14.9. The number of amides is 4. The topological polar surface area (TPSA) is 103 Å². The Morgan fingerprint density at radius 2 is 1.43 bits per heavy atom. The van der Waals surface area contributed by atoms with Crippen LogP contribution in [0.1, 0.15) is 38.4 Å². The summed E-state index contributed by atoms with van der Waals surface area (Å²) < 4.78 is 14.7. The standard InChI is InChI=1S/C35H32Cl2FN5O4/c1-23-12-13-25(15-29(23)37)18-43-22-34(46)41(17-24-6-4-8-27(36)14-24)21-33(45)42(19-26-7-2-3-10-30(26)38)20-32(44)39-16-28-9-5-11-31(40-28)35(43)47/h2-15H,16-22H2,1H3,(H,39,44). The highest BCUT2D eigenvalue weighted by Crippen LogP contribution is 2.20. The first kappa shape index (κ1) is 33.6. The van der Waals surface area contributed by atoms with Crippen LogP contribution in [0.2, 0.25) is 10.0 Å². The Kier molecular flexibility index (Phi) is 10.8. The van der Waals surface area contributed by atoms with E-state index in [1.54, 1.807) is 48.5 Å². The molecule has 242 valence electrons. The molecular formula is C35H32Cl2FN5O4. The van der Waals surface area contributed by atoms with E-state index in [1.165, 1.54) is 39.0 Å². The fraction of sp³-hybridized carbons (Fsp3) is 0.229. The fourth-order valence-electron chi connectivity index (χ4n) is 5.11. The van der Waals surface area contributed by atoms with Gasteiger partial charge < -0.3 is 20.0 Å². The van der Waals surface area contributed by atoms with Crippen LogP contribution in [0, 0.1) is 12.7 Å². The molecule has 4 aromatic rings. The number of benzene rings is 3. The van der Waals surface area contributed by atoms with E-state index < -0.39 is 49.1 Å². The van der Waals surface area contributed by atoms with E-state index in [9.17, 15) is 23.6 Å². The number of rotatable bonds is 6. The minimum absolute atomic E-state index is 0.0169. The van der Waals surface area contributed by atoms with E-state index in [2.05, 4.69) is 10.3 Å². The van der Waals surface area contributed by atoms with Crippen molar-refractivity contribution in [1.29, 1.82) is 0 Å². The number of nitrogens with one attached hydrogen (secondary N) is 1. The second-order valence-electron chi connectivity index (χ2n) is 11.3. The quantitative estimate of drug-likeness (QED) is 0.304. The van der Waals surface area contributed by atoms with Crippen molar-refractivity contribution in [2.24, 2.45) is 0 Å². The average Bonchev–Trinajstić information content (AvgIpc) is 3.05. The number of pyridine rings is 1. The summed E-state index contributed by atoms with van der Waals surface area (Å²) in [6.07, 6.45) is 0. The van der Waals surface area contributed by atoms with Crippen molar-refractivity contribution in [2.45, 2.75) is 33.1 Å². The molecule has 9 nitrogen and oxygen atoms in total. The number of nitrogens with zero attached hydrogens (tertiary/aromatic N) is 4. The van der Waals surface area contributed by atoms with Crippen molar-refractivity contribution in [3.63, 3.8) is 0 Å². The molecular weight excluding hydrogens is 644 g/mol. The van der Waals surface area contributed by atoms with Crippen LogP contribution < -0.4 is 5.32 Å². The number of carbonyl (C=O) groups is 4. The van der Waals surface area contributed by atoms with Gasteiger partial charge in [0.1, 0.15) is 24.6 Å². The second-order valence-corrected chi connectivity index (χ2v) is 12.1. The SMILES string of the molecule is Cc1ccc(CN2CC(=O)N(Cc3cccc(Cl)c3)CC(=O)N(Cc3ccccc3F)CC(=O)NCc3cccc(n3)C2=O)cc1Cl. The molecule has 1 aromatic heterocycles. The summed E-state index contributed by atoms with van der Waals surface area (Å²) in [6.45, 7) is 0.416. The summed E-state index contributed by atoms with van der Waals surface area (Å²) >= 11 is 12.6. The van der Waals surface area contributed by atoms with Gasteiger partial charge in [0, 0.05) is 35.2 Å². The van der Waals surface area contributed by atoms with Gasteiger partial charge in [0.2, 0.25) is 17.7 Å². The molecule has 0 aliphatic carbocycles. The molecule has 12 heteroatoms. The van der Waals surface area contributed by atoms with E-state index in [0.29, 0.717) is 26.9 Å². The third-order valence-electron chi connectivity index (χ3n) is 7.66. The Morgan fingerprint density at radius 3 is 2.17 bits per heavy atom. The number of fused-ring (bicyclic) bond motifs is 2. The summed E-state index contributed by atoms with van der Waals surface area (Å²) in [5.74, 6) is -2.70. The molecule has 1 N–H and O–H groups in total. The molecule has 1 aliphatic rings. The molecule has 0 fully saturated rings. The molecule has 2 bridgehead atoms. The predicted octanol–water partition coefficient (Wildman–Crippen LogP) is 5.17. The van der Waals surface area contributed by atoms with Crippen molar-refractivity contribution in [1.82, 2.24) is 25.0 Å². The van der Waals surface area contributed by atoms with Gasteiger partial charge in [0.15, 0.2) is 0 Å². The summed E-state index contributed by atoms with van der Waals surface area (Å²) in [5.41, 5.74) is 2.89. The van der Waals surface area contributed by atoms with Gasteiger partial charge >= 0.3 is 0 Å². The number of halogens is 3. The van der Waals surface area contributed by atoms with Crippen LogP contribution in [-0.2, 0) is 40.6 Å². The highest BCUT2D eigenvalue weighted by Gasteiger charge is 2.28. The van der Waals surface area contributed by atoms with Crippen LogP contribution in [0.15, 0.2) is 84.9 Å². The zero-order valence-corrected chi connectivity index (χ0v) is 27.1. The van der Waals surface area contributed by atoms with E-state index in [4.69, 9.17) is 23.2 Å². The second kappa shape index (κ2) is 15.2. The first-order valence-corrected chi connectivity index (χ1v) is 15.6. The van der Waals surface area contributed by atoms with E-state index in [0.717, 1.165) is 5.56 Å². The average molecular weight is 677 g/mol. The first-order chi connectivity index (χ1) is 22.5. The number of hydrogen-bond acceptors (Lipinski definition) is 5. The summed E-state index contributed by atoms with van der Waals surface area (Å²) in [7, 11) is 0. The van der Waals surface area contributed by atoms with Gasteiger partial charge in [-0.05, 0) is 60.0 Å². The summed E-state index contributed by atoms with van der Waals surface area (Å²) in [6, 6.07) is 23.0. The lowest BCUT2D eigenvalue weighted by Crippen LogP contribution is -2.48. The Balaban J connectivity index is 1.54. The number of hydrogen-bond donors (Lipinski definition) is 1. The lowest BCUT2D eigenvalue weighted by atomic mass is 10.1. The Morgan fingerprint density at radius 1 is 0.745 bits per heavy atom. The third-order valence-corrected chi connectivity index (χ3v) is 8.31. The normalized spacial score (nSPS) is 14.9. The van der Waals surface area contributed by atoms with Crippen molar-refractivity contribution < 1.29 is 23.6 Å². The minimum Gasteiger partial charge on any atom is -0.349 e. The van der Waals surface area contributed by atoms with Gasteiger partial charge in [0.25, 0.3) is 5.91 Å². The van der Waals surface area contributed by atoms with Gasteiger partial charge in [-0.15, -0.1) is 0 Å². The molecule has 0 spiro atoms. The number of aryl methyl sites for hydroxylation is 1. The van der Waals surface area contributed by atoms with Crippen molar-refractivity contribution in [2.75, 3.05) is 19.6 Å². The predicted molar refractivity (Wildman–Crippen MR) is 176 cm³/mol.